The van der Waals surface area contributed by atoms with Gasteiger partial charge in [-0.25, -0.2) is 13.6 Å². The van der Waals surface area contributed by atoms with E-state index in [9.17, 15) is 26.7 Å². The van der Waals surface area contributed by atoms with Gasteiger partial charge in [0.1, 0.15) is 17.2 Å². The Morgan fingerprint density at radius 2 is 1.65 bits per heavy atom. The third-order valence-corrected chi connectivity index (χ3v) is 3.04. The molecule has 0 aliphatic rings. The van der Waals surface area contributed by atoms with E-state index in [2.05, 4.69) is 4.74 Å². The topological polar surface area (TPSA) is 26.3 Å². The molecular formula is C16H11F5O2. The van der Waals surface area contributed by atoms with Crippen molar-refractivity contribution < 1.29 is 31.5 Å². The molecule has 2 aromatic rings. The van der Waals surface area contributed by atoms with Gasteiger partial charge >= 0.3 is 12.1 Å². The van der Waals surface area contributed by atoms with Crippen molar-refractivity contribution in [3.8, 4) is 11.1 Å². The highest BCUT2D eigenvalue weighted by molar-refractivity contribution is 5.90. The molecule has 0 aliphatic carbocycles. The highest BCUT2D eigenvalue weighted by Crippen LogP contribution is 2.33. The zero-order valence-electron chi connectivity index (χ0n) is 11.9. The monoisotopic (exact) mass is 330 g/mol. The smallest absolute Gasteiger partial charge is 0.416 e. The van der Waals surface area contributed by atoms with E-state index in [1.807, 2.05) is 0 Å². The summed E-state index contributed by atoms with van der Waals surface area (Å²) in [5.74, 6) is -3.56. The normalized spacial score (nSPS) is 11.4. The fourth-order valence-corrected chi connectivity index (χ4v) is 2.01. The molecule has 2 nitrogen and oxygen atoms in total. The largest absolute Gasteiger partial charge is 0.462 e. The molecule has 0 bridgehead atoms. The van der Waals surface area contributed by atoms with Crippen molar-refractivity contribution in [2.24, 2.45) is 0 Å². The molecule has 0 aliphatic heterocycles. The average molecular weight is 330 g/mol. The molecule has 0 aromatic heterocycles. The molecule has 0 saturated carbocycles. The van der Waals surface area contributed by atoms with Crippen LogP contribution in [-0.4, -0.2) is 12.6 Å². The van der Waals surface area contributed by atoms with Crippen LogP contribution >= 0.6 is 0 Å². The Morgan fingerprint density at radius 1 is 1.04 bits per heavy atom. The number of rotatable bonds is 3. The van der Waals surface area contributed by atoms with E-state index >= 15 is 0 Å². The number of ether oxygens (including phenoxy) is 1. The standard InChI is InChI=1S/C16H11F5O2/c1-2-23-15(22)14-12(17)7-10(8-13(14)18)9-4-3-5-11(6-9)16(19,20)21/h3-8H,2H2,1H3. The van der Waals surface area contributed by atoms with Gasteiger partial charge in [-0.15, -0.1) is 0 Å². The van der Waals surface area contributed by atoms with Crippen molar-refractivity contribution in [3.05, 3.63) is 59.2 Å². The lowest BCUT2D eigenvalue weighted by Crippen LogP contribution is -2.10. The predicted molar refractivity (Wildman–Crippen MR) is 72.8 cm³/mol. The highest BCUT2D eigenvalue weighted by Gasteiger charge is 2.30. The summed E-state index contributed by atoms with van der Waals surface area (Å²) in [7, 11) is 0. The Labute approximate surface area is 128 Å². The number of hydrogen-bond donors (Lipinski definition) is 0. The molecule has 0 radical (unpaired) electrons. The van der Waals surface area contributed by atoms with Gasteiger partial charge in [0.25, 0.3) is 0 Å². The number of hydrogen-bond acceptors (Lipinski definition) is 2. The van der Waals surface area contributed by atoms with Crippen molar-refractivity contribution in [1.82, 2.24) is 0 Å². The van der Waals surface area contributed by atoms with Crippen molar-refractivity contribution in [2.45, 2.75) is 13.1 Å². The maximum Gasteiger partial charge on any atom is 0.416 e. The Morgan fingerprint density at radius 3 is 2.17 bits per heavy atom. The Bertz CT molecular complexity index is 714. The number of carbonyl (C=O) groups is 1. The van der Waals surface area contributed by atoms with E-state index < -0.39 is 34.9 Å². The van der Waals surface area contributed by atoms with Gasteiger partial charge < -0.3 is 4.74 Å². The van der Waals surface area contributed by atoms with Crippen LogP contribution in [0.3, 0.4) is 0 Å². The van der Waals surface area contributed by atoms with Gasteiger partial charge in [-0.3, -0.25) is 0 Å². The summed E-state index contributed by atoms with van der Waals surface area (Å²) < 4.78 is 70.5. The highest BCUT2D eigenvalue weighted by atomic mass is 19.4. The maximum absolute atomic E-state index is 13.9. The zero-order valence-corrected chi connectivity index (χ0v) is 11.9. The van der Waals surface area contributed by atoms with Gasteiger partial charge in [0, 0.05) is 0 Å². The van der Waals surface area contributed by atoms with Crippen LogP contribution in [0.5, 0.6) is 0 Å². The van der Waals surface area contributed by atoms with Gasteiger partial charge in [-0.05, 0) is 42.3 Å². The van der Waals surface area contributed by atoms with Gasteiger partial charge in [0.05, 0.1) is 12.2 Å². The van der Waals surface area contributed by atoms with Crippen LogP contribution in [0.25, 0.3) is 11.1 Å². The minimum absolute atomic E-state index is 0.0203. The summed E-state index contributed by atoms with van der Waals surface area (Å²) in [5.41, 5.74) is -1.94. The van der Waals surface area contributed by atoms with E-state index in [1.165, 1.54) is 13.0 Å². The second kappa shape index (κ2) is 6.36. The van der Waals surface area contributed by atoms with Gasteiger partial charge in [-0.2, -0.15) is 13.2 Å². The van der Waals surface area contributed by atoms with Crippen LogP contribution in [0.15, 0.2) is 36.4 Å². The van der Waals surface area contributed by atoms with Crippen molar-refractivity contribution in [2.75, 3.05) is 6.61 Å². The number of halogens is 5. The molecule has 0 amide bonds. The van der Waals surface area contributed by atoms with E-state index in [0.29, 0.717) is 0 Å². The summed E-state index contributed by atoms with van der Waals surface area (Å²) in [5, 5.41) is 0. The maximum atomic E-state index is 13.9. The predicted octanol–water partition coefficient (Wildman–Crippen LogP) is 4.83. The lowest BCUT2D eigenvalue weighted by atomic mass is 10.0. The van der Waals surface area contributed by atoms with Crippen LogP contribution in [-0.2, 0) is 10.9 Å². The quantitative estimate of drug-likeness (QED) is 0.595. The molecule has 23 heavy (non-hydrogen) atoms. The van der Waals surface area contributed by atoms with E-state index in [4.69, 9.17) is 0 Å². The molecule has 0 fully saturated rings. The first-order chi connectivity index (χ1) is 10.7. The number of benzene rings is 2. The van der Waals surface area contributed by atoms with E-state index in [0.717, 1.165) is 30.3 Å². The van der Waals surface area contributed by atoms with Crippen molar-refractivity contribution >= 4 is 5.97 Å². The summed E-state index contributed by atoms with van der Waals surface area (Å²) in [6.45, 7) is 1.41. The van der Waals surface area contributed by atoms with Gasteiger partial charge in [0.15, 0.2) is 0 Å². The molecule has 7 heteroatoms. The Hall–Kier alpha value is -2.44. The molecule has 2 aromatic carbocycles. The third-order valence-electron chi connectivity index (χ3n) is 3.04. The molecule has 0 saturated heterocycles. The van der Waals surface area contributed by atoms with E-state index in [1.54, 1.807) is 0 Å². The second-order valence-electron chi connectivity index (χ2n) is 4.61. The van der Waals surface area contributed by atoms with Crippen molar-refractivity contribution in [1.29, 1.82) is 0 Å². The zero-order chi connectivity index (χ0) is 17.2. The fraction of sp³-hybridized carbons (Fsp3) is 0.188. The Balaban J connectivity index is 2.48. The lowest BCUT2D eigenvalue weighted by molar-refractivity contribution is -0.137. The number of carbonyl (C=O) groups excluding carboxylic acids is 1. The first-order valence-corrected chi connectivity index (χ1v) is 6.58. The SMILES string of the molecule is CCOC(=O)c1c(F)cc(-c2cccc(C(F)(F)F)c2)cc1F. The van der Waals surface area contributed by atoms with E-state index in [-0.39, 0.29) is 17.7 Å². The molecule has 0 atom stereocenters. The molecule has 122 valence electrons. The van der Waals surface area contributed by atoms with Crippen LogP contribution in [0.1, 0.15) is 22.8 Å². The molecule has 2 rings (SSSR count). The molecule has 0 spiro atoms. The van der Waals surface area contributed by atoms with Crippen LogP contribution < -0.4 is 0 Å². The Kier molecular flexibility index (Phi) is 4.68. The number of esters is 1. The third kappa shape index (κ3) is 3.67. The fourth-order valence-electron chi connectivity index (χ4n) is 2.01. The van der Waals surface area contributed by atoms with Crippen LogP contribution in [0.2, 0.25) is 0 Å². The molecule has 0 heterocycles. The molecule has 0 unspecified atom stereocenters. The van der Waals surface area contributed by atoms with Crippen molar-refractivity contribution in [3.63, 3.8) is 0 Å². The van der Waals surface area contributed by atoms with Gasteiger partial charge in [0.2, 0.25) is 0 Å². The second-order valence-corrected chi connectivity index (χ2v) is 4.61. The summed E-state index contributed by atoms with van der Waals surface area (Å²) in [6.07, 6.45) is -4.57. The molecule has 0 N–H and O–H groups in total. The minimum atomic E-state index is -4.57. The first-order valence-electron chi connectivity index (χ1n) is 6.58. The average Bonchev–Trinajstić information content (AvgIpc) is 2.46. The van der Waals surface area contributed by atoms with Gasteiger partial charge in [-0.1, -0.05) is 12.1 Å². The van der Waals surface area contributed by atoms with Crippen LogP contribution in [0, 0.1) is 11.6 Å². The van der Waals surface area contributed by atoms with Crippen LogP contribution in [0.4, 0.5) is 22.0 Å². The lowest BCUT2D eigenvalue weighted by Gasteiger charge is -2.10. The summed E-state index contributed by atoms with van der Waals surface area (Å²) in [6, 6.07) is 5.64. The molecular weight excluding hydrogens is 319 g/mol. The summed E-state index contributed by atoms with van der Waals surface area (Å²) >= 11 is 0. The summed E-state index contributed by atoms with van der Waals surface area (Å²) in [4.78, 5) is 11.5. The minimum Gasteiger partial charge on any atom is -0.462 e. The first kappa shape index (κ1) is 16.9. The number of alkyl halides is 3.